The maximum atomic E-state index is 12.0. The van der Waals surface area contributed by atoms with E-state index in [9.17, 15) is 4.79 Å². The van der Waals surface area contributed by atoms with E-state index in [1.165, 1.54) is 6.26 Å². The Morgan fingerprint density at radius 1 is 1.35 bits per heavy atom. The second-order valence-corrected chi connectivity index (χ2v) is 4.65. The second kappa shape index (κ2) is 6.25. The lowest BCUT2D eigenvalue weighted by Crippen LogP contribution is -2.11. The van der Waals surface area contributed by atoms with Gasteiger partial charge in [0.2, 0.25) is 0 Å². The number of anilines is 1. The maximum absolute atomic E-state index is 12.0. The van der Waals surface area contributed by atoms with Crippen molar-refractivity contribution in [3.8, 4) is 5.75 Å². The lowest BCUT2D eigenvalue weighted by Gasteiger charge is -2.10. The molecule has 0 saturated carbocycles. The lowest BCUT2D eigenvalue weighted by atomic mass is 10.2. The molecule has 0 atom stereocenters. The summed E-state index contributed by atoms with van der Waals surface area (Å²) in [5, 5.41) is 2.78. The van der Waals surface area contributed by atoms with E-state index in [2.05, 4.69) is 5.32 Å². The average molecular weight is 274 g/mol. The van der Waals surface area contributed by atoms with Crippen LogP contribution in [0, 0.1) is 0 Å². The van der Waals surface area contributed by atoms with E-state index >= 15 is 0 Å². The predicted octanol–water partition coefficient (Wildman–Crippen LogP) is 2.78. The molecule has 0 aliphatic rings. The molecule has 5 nitrogen and oxygen atoms in total. The first kappa shape index (κ1) is 14.1. The summed E-state index contributed by atoms with van der Waals surface area (Å²) in [5.74, 6) is 1.12. The minimum atomic E-state index is -0.231. The first-order valence-electron chi connectivity index (χ1n) is 6.44. The van der Waals surface area contributed by atoms with Crippen LogP contribution in [-0.4, -0.2) is 12.0 Å². The van der Waals surface area contributed by atoms with Crippen LogP contribution in [0.1, 0.15) is 30.0 Å². The summed E-state index contributed by atoms with van der Waals surface area (Å²) in [6.07, 6.45) is 1.52. The molecular formula is C15H18N2O3. The highest BCUT2D eigenvalue weighted by atomic mass is 16.5. The third kappa shape index (κ3) is 3.61. The van der Waals surface area contributed by atoms with Crippen LogP contribution >= 0.6 is 0 Å². The Morgan fingerprint density at radius 3 is 2.60 bits per heavy atom. The summed E-state index contributed by atoms with van der Waals surface area (Å²) in [4.78, 5) is 12.0. The van der Waals surface area contributed by atoms with E-state index in [4.69, 9.17) is 14.9 Å². The molecule has 1 heterocycles. The molecule has 1 aromatic heterocycles. The van der Waals surface area contributed by atoms with Crippen LogP contribution in [0.2, 0.25) is 0 Å². The van der Waals surface area contributed by atoms with Crippen molar-refractivity contribution in [3.05, 3.63) is 47.9 Å². The number of ether oxygens (including phenoxy) is 1. The van der Waals surface area contributed by atoms with Crippen molar-refractivity contribution in [3.63, 3.8) is 0 Å². The molecule has 0 unspecified atom stereocenters. The summed E-state index contributed by atoms with van der Waals surface area (Å²) in [6, 6.07) is 8.84. The van der Waals surface area contributed by atoms with Gasteiger partial charge in [0.1, 0.15) is 17.8 Å². The standard InChI is InChI=1S/C15H18N2O3/c1-10(2)20-13-5-3-12(4-6-13)17-15(18)11-7-14(8-16)19-9-11/h3-7,9-10H,8,16H2,1-2H3,(H,17,18). The Balaban J connectivity index is 2.00. The highest BCUT2D eigenvalue weighted by molar-refractivity contribution is 6.04. The molecule has 2 rings (SSSR count). The van der Waals surface area contributed by atoms with E-state index in [1.54, 1.807) is 18.2 Å². The summed E-state index contributed by atoms with van der Waals surface area (Å²) in [5.41, 5.74) is 6.58. The molecular weight excluding hydrogens is 256 g/mol. The largest absolute Gasteiger partial charge is 0.491 e. The van der Waals surface area contributed by atoms with Crippen molar-refractivity contribution in [1.82, 2.24) is 0 Å². The molecule has 0 fully saturated rings. The normalized spacial score (nSPS) is 10.6. The van der Waals surface area contributed by atoms with E-state index in [1.807, 2.05) is 26.0 Å². The molecule has 0 aliphatic carbocycles. The summed E-state index contributed by atoms with van der Waals surface area (Å²) >= 11 is 0. The van der Waals surface area contributed by atoms with Gasteiger partial charge in [-0.1, -0.05) is 0 Å². The molecule has 0 saturated heterocycles. The molecule has 0 spiro atoms. The van der Waals surface area contributed by atoms with Crippen LogP contribution in [-0.2, 0) is 6.54 Å². The number of benzene rings is 1. The van der Waals surface area contributed by atoms with E-state index in [-0.39, 0.29) is 18.6 Å². The van der Waals surface area contributed by atoms with Gasteiger partial charge in [-0.05, 0) is 44.2 Å². The number of amides is 1. The first-order valence-corrected chi connectivity index (χ1v) is 6.44. The molecule has 1 amide bonds. The number of nitrogens with one attached hydrogen (secondary N) is 1. The quantitative estimate of drug-likeness (QED) is 0.878. The molecule has 0 bridgehead atoms. The van der Waals surface area contributed by atoms with Crippen molar-refractivity contribution < 1.29 is 13.9 Å². The fraction of sp³-hybridized carbons (Fsp3) is 0.267. The van der Waals surface area contributed by atoms with Crippen LogP contribution < -0.4 is 15.8 Å². The van der Waals surface area contributed by atoms with Crippen molar-refractivity contribution >= 4 is 11.6 Å². The smallest absolute Gasteiger partial charge is 0.258 e. The molecule has 5 heteroatoms. The lowest BCUT2D eigenvalue weighted by molar-refractivity contribution is 0.102. The monoisotopic (exact) mass is 274 g/mol. The third-order valence-electron chi connectivity index (χ3n) is 2.60. The van der Waals surface area contributed by atoms with Gasteiger partial charge < -0.3 is 20.2 Å². The minimum absolute atomic E-state index is 0.121. The zero-order valence-corrected chi connectivity index (χ0v) is 11.6. The number of carbonyl (C=O) groups excluding carboxylic acids is 1. The third-order valence-corrected chi connectivity index (χ3v) is 2.60. The van der Waals surface area contributed by atoms with Crippen molar-refractivity contribution in [2.75, 3.05) is 5.32 Å². The zero-order valence-electron chi connectivity index (χ0n) is 11.6. The van der Waals surface area contributed by atoms with Crippen molar-refractivity contribution in [2.24, 2.45) is 5.73 Å². The van der Waals surface area contributed by atoms with Gasteiger partial charge in [-0.25, -0.2) is 0 Å². The second-order valence-electron chi connectivity index (χ2n) is 4.65. The number of rotatable bonds is 5. The molecule has 1 aromatic carbocycles. The topological polar surface area (TPSA) is 77.5 Å². The number of carbonyl (C=O) groups is 1. The average Bonchev–Trinajstić information content (AvgIpc) is 2.89. The summed E-state index contributed by atoms with van der Waals surface area (Å²) in [7, 11) is 0. The molecule has 0 aliphatic heterocycles. The number of hydrogen-bond donors (Lipinski definition) is 2. The van der Waals surface area contributed by atoms with Gasteiger partial charge in [-0.3, -0.25) is 4.79 Å². The van der Waals surface area contributed by atoms with Crippen LogP contribution in [0.25, 0.3) is 0 Å². The molecule has 20 heavy (non-hydrogen) atoms. The fourth-order valence-corrected chi connectivity index (χ4v) is 1.70. The van der Waals surface area contributed by atoms with Crippen molar-refractivity contribution in [1.29, 1.82) is 0 Å². The molecule has 106 valence electrons. The minimum Gasteiger partial charge on any atom is -0.491 e. The van der Waals surface area contributed by atoms with E-state index in [0.29, 0.717) is 17.0 Å². The highest BCUT2D eigenvalue weighted by Gasteiger charge is 2.10. The Hall–Kier alpha value is -2.27. The number of hydrogen-bond acceptors (Lipinski definition) is 4. The van der Waals surface area contributed by atoms with Crippen molar-refractivity contribution in [2.45, 2.75) is 26.5 Å². The molecule has 2 aromatic rings. The van der Waals surface area contributed by atoms with Crippen LogP contribution in [0.3, 0.4) is 0 Å². The van der Waals surface area contributed by atoms with Crippen LogP contribution in [0.4, 0.5) is 5.69 Å². The Labute approximate surface area is 117 Å². The summed E-state index contributed by atoms with van der Waals surface area (Å²) < 4.78 is 10.7. The van der Waals surface area contributed by atoms with Crippen LogP contribution in [0.15, 0.2) is 41.0 Å². The van der Waals surface area contributed by atoms with Gasteiger partial charge in [0, 0.05) is 5.69 Å². The van der Waals surface area contributed by atoms with Gasteiger partial charge in [0.15, 0.2) is 0 Å². The van der Waals surface area contributed by atoms with Crippen LogP contribution in [0.5, 0.6) is 5.75 Å². The van der Waals surface area contributed by atoms with Gasteiger partial charge in [-0.15, -0.1) is 0 Å². The fourth-order valence-electron chi connectivity index (χ4n) is 1.70. The zero-order chi connectivity index (χ0) is 14.5. The molecule has 3 N–H and O–H groups in total. The number of furan rings is 1. The van der Waals surface area contributed by atoms with E-state index in [0.717, 1.165) is 5.75 Å². The molecule has 0 radical (unpaired) electrons. The SMILES string of the molecule is CC(C)Oc1ccc(NC(=O)c2coc(CN)c2)cc1. The summed E-state index contributed by atoms with van der Waals surface area (Å²) in [6.45, 7) is 4.20. The Kier molecular flexibility index (Phi) is 4.42. The highest BCUT2D eigenvalue weighted by Crippen LogP contribution is 2.18. The van der Waals surface area contributed by atoms with E-state index < -0.39 is 0 Å². The van der Waals surface area contributed by atoms with Gasteiger partial charge in [-0.2, -0.15) is 0 Å². The Morgan fingerprint density at radius 2 is 2.05 bits per heavy atom. The Bertz CT molecular complexity index is 573. The van der Waals surface area contributed by atoms with Gasteiger partial charge >= 0.3 is 0 Å². The number of nitrogens with two attached hydrogens (primary N) is 1. The van der Waals surface area contributed by atoms with Gasteiger partial charge in [0.05, 0.1) is 18.2 Å². The predicted molar refractivity (Wildman–Crippen MR) is 76.8 cm³/mol. The maximum Gasteiger partial charge on any atom is 0.258 e. The van der Waals surface area contributed by atoms with Gasteiger partial charge in [0.25, 0.3) is 5.91 Å². The first-order chi connectivity index (χ1) is 9.58.